The Hall–Kier alpha value is -2.31. The highest BCUT2D eigenvalue weighted by Gasteiger charge is 2.30. The number of benzene rings is 1. The fourth-order valence-electron chi connectivity index (χ4n) is 1.37. The zero-order valence-corrected chi connectivity index (χ0v) is 9.41. The van der Waals surface area contributed by atoms with Crippen LogP contribution in [0.4, 0.5) is 23.2 Å². The first-order valence-corrected chi connectivity index (χ1v) is 5.12. The van der Waals surface area contributed by atoms with Crippen molar-refractivity contribution in [3.8, 4) is 11.6 Å². The van der Waals surface area contributed by atoms with Gasteiger partial charge in [0, 0.05) is 30.1 Å². The summed E-state index contributed by atoms with van der Waals surface area (Å²) >= 11 is 0. The molecule has 0 spiro atoms. The number of ether oxygens (including phenoxy) is 1. The minimum atomic E-state index is -4.46. The third-order valence-corrected chi connectivity index (χ3v) is 2.18. The number of anilines is 1. The van der Waals surface area contributed by atoms with Gasteiger partial charge in [-0.2, -0.15) is 13.2 Å². The molecule has 0 saturated carbocycles. The molecule has 7 heteroatoms. The van der Waals surface area contributed by atoms with Gasteiger partial charge in [-0.1, -0.05) is 0 Å². The molecular weight excluding hydrogens is 264 g/mol. The first-order chi connectivity index (χ1) is 8.84. The lowest BCUT2D eigenvalue weighted by molar-refractivity contribution is -0.137. The summed E-state index contributed by atoms with van der Waals surface area (Å²) in [4.78, 5) is 3.49. The van der Waals surface area contributed by atoms with Crippen LogP contribution in [0.25, 0.3) is 0 Å². The van der Waals surface area contributed by atoms with Gasteiger partial charge in [-0.05, 0) is 12.1 Å². The quantitative estimate of drug-likeness (QED) is 0.671. The summed E-state index contributed by atoms with van der Waals surface area (Å²) in [6, 6.07) is 5.35. The van der Waals surface area contributed by atoms with Crippen LogP contribution in [0.1, 0.15) is 5.56 Å². The predicted molar refractivity (Wildman–Crippen MR) is 60.1 cm³/mol. The second-order valence-electron chi connectivity index (χ2n) is 3.71. The molecular formula is C12H8F4N2O. The van der Waals surface area contributed by atoms with Crippen LogP contribution in [0.5, 0.6) is 11.6 Å². The average molecular weight is 272 g/mol. The topological polar surface area (TPSA) is 48.1 Å². The molecule has 0 unspecified atom stereocenters. The Bertz CT molecular complexity index is 561. The molecule has 3 nitrogen and oxygen atoms in total. The van der Waals surface area contributed by atoms with Gasteiger partial charge in [-0.25, -0.2) is 9.37 Å². The molecule has 0 saturated heterocycles. The van der Waals surface area contributed by atoms with Crippen molar-refractivity contribution in [2.75, 3.05) is 5.73 Å². The molecule has 1 aromatic heterocycles. The van der Waals surface area contributed by atoms with Gasteiger partial charge in [0.2, 0.25) is 5.88 Å². The highest BCUT2D eigenvalue weighted by Crippen LogP contribution is 2.30. The van der Waals surface area contributed by atoms with Gasteiger partial charge >= 0.3 is 6.18 Å². The van der Waals surface area contributed by atoms with E-state index in [2.05, 4.69) is 4.98 Å². The van der Waals surface area contributed by atoms with E-state index in [1.807, 2.05) is 0 Å². The number of pyridine rings is 1. The lowest BCUT2D eigenvalue weighted by Gasteiger charge is -2.08. The van der Waals surface area contributed by atoms with Crippen molar-refractivity contribution in [2.24, 2.45) is 0 Å². The van der Waals surface area contributed by atoms with Crippen LogP contribution in [0.2, 0.25) is 0 Å². The molecule has 0 aliphatic rings. The van der Waals surface area contributed by atoms with E-state index < -0.39 is 17.6 Å². The number of halogens is 4. The highest BCUT2D eigenvalue weighted by molar-refractivity contribution is 5.45. The number of aromatic nitrogens is 1. The van der Waals surface area contributed by atoms with E-state index in [0.717, 1.165) is 24.3 Å². The molecule has 2 rings (SSSR count). The van der Waals surface area contributed by atoms with Crippen LogP contribution < -0.4 is 10.5 Å². The maximum atomic E-state index is 13.0. The first-order valence-electron chi connectivity index (χ1n) is 5.12. The van der Waals surface area contributed by atoms with Gasteiger partial charge in [0.25, 0.3) is 0 Å². The monoisotopic (exact) mass is 272 g/mol. The maximum Gasteiger partial charge on any atom is 0.417 e. The molecule has 100 valence electrons. The summed E-state index contributed by atoms with van der Waals surface area (Å²) in [6.07, 6.45) is -3.83. The average Bonchev–Trinajstić information content (AvgIpc) is 2.26. The molecule has 0 amide bonds. The van der Waals surface area contributed by atoms with Crippen molar-refractivity contribution in [1.29, 1.82) is 0 Å². The van der Waals surface area contributed by atoms with Crippen molar-refractivity contribution in [3.05, 3.63) is 47.9 Å². The zero-order chi connectivity index (χ0) is 14.0. The Labute approximate surface area is 105 Å². The zero-order valence-electron chi connectivity index (χ0n) is 9.41. The highest BCUT2D eigenvalue weighted by atomic mass is 19.4. The number of alkyl halides is 3. The second-order valence-corrected chi connectivity index (χ2v) is 3.71. The normalized spacial score (nSPS) is 11.4. The van der Waals surface area contributed by atoms with E-state index >= 15 is 0 Å². The number of nitrogens with two attached hydrogens (primary N) is 1. The number of nitrogen functional groups attached to an aromatic ring is 1. The summed E-state index contributed by atoms with van der Waals surface area (Å²) in [5.41, 5.74) is 4.66. The molecule has 0 bridgehead atoms. The third-order valence-electron chi connectivity index (χ3n) is 2.18. The first kappa shape index (κ1) is 13.1. The van der Waals surface area contributed by atoms with E-state index in [4.69, 9.17) is 10.5 Å². The van der Waals surface area contributed by atoms with Crippen molar-refractivity contribution in [3.63, 3.8) is 0 Å². The van der Waals surface area contributed by atoms with Crippen LogP contribution in [-0.4, -0.2) is 4.98 Å². The summed E-state index contributed by atoms with van der Waals surface area (Å²) < 4.78 is 55.0. The van der Waals surface area contributed by atoms with Crippen LogP contribution in [0.15, 0.2) is 36.5 Å². The number of hydrogen-bond acceptors (Lipinski definition) is 3. The van der Waals surface area contributed by atoms with E-state index in [9.17, 15) is 17.6 Å². The van der Waals surface area contributed by atoms with Crippen molar-refractivity contribution < 1.29 is 22.3 Å². The second kappa shape index (κ2) is 4.75. The summed E-state index contributed by atoms with van der Waals surface area (Å²) in [7, 11) is 0. The van der Waals surface area contributed by atoms with E-state index in [1.165, 1.54) is 6.07 Å². The minimum Gasteiger partial charge on any atom is -0.439 e. The Morgan fingerprint density at radius 1 is 1.11 bits per heavy atom. The van der Waals surface area contributed by atoms with E-state index in [-0.39, 0.29) is 17.3 Å². The largest absolute Gasteiger partial charge is 0.439 e. The third kappa shape index (κ3) is 3.34. The van der Waals surface area contributed by atoms with Gasteiger partial charge in [0.15, 0.2) is 0 Å². The molecule has 1 aromatic carbocycles. The molecule has 2 N–H and O–H groups in total. The lowest BCUT2D eigenvalue weighted by atomic mass is 10.3. The molecule has 0 atom stereocenters. The van der Waals surface area contributed by atoms with Crippen LogP contribution in [-0.2, 0) is 6.18 Å². The molecule has 0 aliphatic carbocycles. The van der Waals surface area contributed by atoms with Crippen LogP contribution in [0.3, 0.4) is 0 Å². The molecule has 1 heterocycles. The lowest BCUT2D eigenvalue weighted by Crippen LogP contribution is -2.05. The van der Waals surface area contributed by atoms with Crippen molar-refractivity contribution in [1.82, 2.24) is 4.98 Å². The van der Waals surface area contributed by atoms with Crippen LogP contribution in [0, 0.1) is 5.82 Å². The minimum absolute atomic E-state index is 0.0600. The standard InChI is InChI=1S/C12H8F4N2O/c13-8-3-9(17)5-10(4-8)19-11-2-1-7(6-18-11)12(14,15)16/h1-6H,17H2. The van der Waals surface area contributed by atoms with Crippen LogP contribution >= 0.6 is 0 Å². The van der Waals surface area contributed by atoms with Gasteiger partial charge in [-0.15, -0.1) is 0 Å². The number of rotatable bonds is 2. The molecule has 0 fully saturated rings. The van der Waals surface area contributed by atoms with E-state index in [0.29, 0.717) is 6.20 Å². The fourth-order valence-corrected chi connectivity index (χ4v) is 1.37. The predicted octanol–water partition coefficient (Wildman–Crippen LogP) is 3.61. The summed E-state index contributed by atoms with van der Waals surface area (Å²) in [5, 5.41) is 0. The van der Waals surface area contributed by atoms with Crippen molar-refractivity contribution >= 4 is 5.69 Å². The molecule has 0 aliphatic heterocycles. The van der Waals surface area contributed by atoms with Gasteiger partial charge < -0.3 is 10.5 Å². The SMILES string of the molecule is Nc1cc(F)cc(Oc2ccc(C(F)(F)F)cn2)c1. The summed E-state index contributed by atoms with van der Waals surface area (Å²) in [5.74, 6) is -0.635. The Morgan fingerprint density at radius 2 is 1.84 bits per heavy atom. The van der Waals surface area contributed by atoms with Gasteiger partial charge in [-0.3, -0.25) is 0 Å². The maximum absolute atomic E-state index is 13.0. The summed E-state index contributed by atoms with van der Waals surface area (Å²) in [6.45, 7) is 0. The fraction of sp³-hybridized carbons (Fsp3) is 0.0833. The van der Waals surface area contributed by atoms with Gasteiger partial charge in [0.1, 0.15) is 11.6 Å². The Morgan fingerprint density at radius 3 is 2.37 bits per heavy atom. The number of nitrogens with zero attached hydrogens (tertiary/aromatic N) is 1. The Balaban J connectivity index is 2.20. The molecule has 2 aromatic rings. The number of hydrogen-bond donors (Lipinski definition) is 1. The van der Waals surface area contributed by atoms with Crippen molar-refractivity contribution in [2.45, 2.75) is 6.18 Å². The van der Waals surface area contributed by atoms with Gasteiger partial charge in [0.05, 0.1) is 5.56 Å². The Kier molecular flexibility index (Phi) is 3.28. The van der Waals surface area contributed by atoms with E-state index in [1.54, 1.807) is 0 Å². The molecule has 0 radical (unpaired) electrons. The smallest absolute Gasteiger partial charge is 0.417 e. The molecule has 19 heavy (non-hydrogen) atoms.